The summed E-state index contributed by atoms with van der Waals surface area (Å²) in [6.07, 6.45) is 0. The largest absolute Gasteiger partial charge is 0.368 e. The standard InChI is InChI=1S/C17H22N4/c1-14-4-2-6-16(12-14)20-8-10-21(11-9-20)17-7-3-5-15(13-18)19-17/h2-7,12H,8-11,13,18H2,1H3. The Balaban J connectivity index is 1.67. The Morgan fingerprint density at radius 3 is 2.43 bits per heavy atom. The van der Waals surface area contributed by atoms with Crippen molar-refractivity contribution in [3.63, 3.8) is 0 Å². The summed E-state index contributed by atoms with van der Waals surface area (Å²) in [6, 6.07) is 14.8. The summed E-state index contributed by atoms with van der Waals surface area (Å²) in [5.41, 5.74) is 9.25. The molecule has 0 saturated carbocycles. The van der Waals surface area contributed by atoms with Gasteiger partial charge in [0, 0.05) is 38.4 Å². The zero-order chi connectivity index (χ0) is 14.7. The first-order valence-electron chi connectivity index (χ1n) is 7.49. The first-order chi connectivity index (χ1) is 10.3. The van der Waals surface area contributed by atoms with Crippen LogP contribution >= 0.6 is 0 Å². The van der Waals surface area contributed by atoms with Gasteiger partial charge in [-0.2, -0.15) is 0 Å². The average Bonchev–Trinajstić information content (AvgIpc) is 2.55. The number of hydrogen-bond acceptors (Lipinski definition) is 4. The molecule has 0 spiro atoms. The van der Waals surface area contributed by atoms with Crippen LogP contribution in [0, 0.1) is 6.92 Å². The van der Waals surface area contributed by atoms with Gasteiger partial charge in [0.05, 0.1) is 5.69 Å². The smallest absolute Gasteiger partial charge is 0.128 e. The van der Waals surface area contributed by atoms with Gasteiger partial charge in [0.25, 0.3) is 0 Å². The molecule has 1 fully saturated rings. The highest BCUT2D eigenvalue weighted by Crippen LogP contribution is 2.20. The van der Waals surface area contributed by atoms with Gasteiger partial charge in [-0.3, -0.25) is 0 Å². The monoisotopic (exact) mass is 282 g/mol. The Labute approximate surface area is 126 Å². The van der Waals surface area contributed by atoms with Gasteiger partial charge in [-0.15, -0.1) is 0 Å². The number of rotatable bonds is 3. The fourth-order valence-electron chi connectivity index (χ4n) is 2.78. The maximum atomic E-state index is 5.67. The third-order valence-electron chi connectivity index (χ3n) is 3.97. The normalized spacial score (nSPS) is 15.3. The van der Waals surface area contributed by atoms with Crippen molar-refractivity contribution in [1.29, 1.82) is 0 Å². The van der Waals surface area contributed by atoms with Gasteiger partial charge < -0.3 is 15.5 Å². The quantitative estimate of drug-likeness (QED) is 0.937. The molecule has 1 aromatic heterocycles. The maximum absolute atomic E-state index is 5.67. The van der Waals surface area contributed by atoms with E-state index in [1.165, 1.54) is 11.3 Å². The van der Waals surface area contributed by atoms with Gasteiger partial charge in [-0.1, -0.05) is 18.2 Å². The number of benzene rings is 1. The van der Waals surface area contributed by atoms with E-state index in [1.807, 2.05) is 12.1 Å². The molecule has 0 atom stereocenters. The van der Waals surface area contributed by atoms with E-state index in [0.717, 1.165) is 37.7 Å². The van der Waals surface area contributed by atoms with Crippen molar-refractivity contribution in [3.05, 3.63) is 53.7 Å². The number of pyridine rings is 1. The summed E-state index contributed by atoms with van der Waals surface area (Å²) in [5.74, 6) is 1.04. The van der Waals surface area contributed by atoms with E-state index in [0.29, 0.717) is 6.54 Å². The van der Waals surface area contributed by atoms with Crippen LogP contribution in [-0.2, 0) is 6.54 Å². The Hall–Kier alpha value is -2.07. The number of aromatic nitrogens is 1. The predicted octanol–water partition coefficient (Wildman–Crippen LogP) is 2.18. The van der Waals surface area contributed by atoms with Gasteiger partial charge in [0.1, 0.15) is 5.82 Å². The van der Waals surface area contributed by atoms with Crippen LogP contribution in [0.25, 0.3) is 0 Å². The van der Waals surface area contributed by atoms with E-state index in [1.54, 1.807) is 0 Å². The molecule has 3 rings (SSSR count). The van der Waals surface area contributed by atoms with Gasteiger partial charge >= 0.3 is 0 Å². The molecule has 110 valence electrons. The lowest BCUT2D eigenvalue weighted by atomic mass is 10.2. The molecule has 1 saturated heterocycles. The zero-order valence-corrected chi connectivity index (χ0v) is 12.5. The molecule has 0 amide bonds. The van der Waals surface area contributed by atoms with Crippen LogP contribution in [0.2, 0.25) is 0 Å². The average molecular weight is 282 g/mol. The van der Waals surface area contributed by atoms with Gasteiger partial charge in [0.15, 0.2) is 0 Å². The van der Waals surface area contributed by atoms with E-state index in [-0.39, 0.29) is 0 Å². The number of nitrogens with zero attached hydrogens (tertiary/aromatic N) is 3. The second-order valence-electron chi connectivity index (χ2n) is 5.50. The fraction of sp³-hybridized carbons (Fsp3) is 0.353. The summed E-state index contributed by atoms with van der Waals surface area (Å²) < 4.78 is 0. The minimum Gasteiger partial charge on any atom is -0.368 e. The molecule has 0 bridgehead atoms. The van der Waals surface area contributed by atoms with Crippen molar-refractivity contribution in [2.24, 2.45) is 5.73 Å². The SMILES string of the molecule is Cc1cccc(N2CCN(c3cccc(CN)n3)CC2)c1. The molecule has 4 nitrogen and oxygen atoms in total. The van der Waals surface area contributed by atoms with Crippen LogP contribution < -0.4 is 15.5 Å². The highest BCUT2D eigenvalue weighted by atomic mass is 15.3. The number of piperazine rings is 1. The Morgan fingerprint density at radius 2 is 1.71 bits per heavy atom. The lowest BCUT2D eigenvalue weighted by molar-refractivity contribution is 0.646. The summed E-state index contributed by atoms with van der Waals surface area (Å²) in [6.45, 7) is 6.68. The van der Waals surface area contributed by atoms with Gasteiger partial charge in [-0.25, -0.2) is 4.98 Å². The van der Waals surface area contributed by atoms with E-state index >= 15 is 0 Å². The van der Waals surface area contributed by atoms with Crippen LogP contribution in [0.15, 0.2) is 42.5 Å². The second kappa shape index (κ2) is 6.14. The van der Waals surface area contributed by atoms with Gasteiger partial charge in [-0.05, 0) is 36.8 Å². The second-order valence-corrected chi connectivity index (χ2v) is 5.50. The van der Waals surface area contributed by atoms with E-state index in [4.69, 9.17) is 5.73 Å². The highest BCUT2D eigenvalue weighted by molar-refractivity contribution is 5.51. The van der Waals surface area contributed by atoms with Crippen LogP contribution in [-0.4, -0.2) is 31.2 Å². The van der Waals surface area contributed by atoms with Crippen LogP contribution in [0.4, 0.5) is 11.5 Å². The first kappa shape index (κ1) is 13.9. The van der Waals surface area contributed by atoms with Crippen molar-refractivity contribution in [1.82, 2.24) is 4.98 Å². The molecule has 1 aliphatic rings. The summed E-state index contributed by atoms with van der Waals surface area (Å²) in [5, 5.41) is 0. The van der Waals surface area contributed by atoms with E-state index < -0.39 is 0 Å². The van der Waals surface area contributed by atoms with Crippen LogP contribution in [0.1, 0.15) is 11.3 Å². The van der Waals surface area contributed by atoms with E-state index in [2.05, 4.69) is 52.0 Å². The minimum absolute atomic E-state index is 0.497. The molecule has 1 aliphatic heterocycles. The summed E-state index contributed by atoms with van der Waals surface area (Å²) in [4.78, 5) is 9.39. The van der Waals surface area contributed by atoms with Crippen molar-refractivity contribution in [2.45, 2.75) is 13.5 Å². The molecule has 4 heteroatoms. The summed E-state index contributed by atoms with van der Waals surface area (Å²) in [7, 11) is 0. The van der Waals surface area contributed by atoms with Gasteiger partial charge in [0.2, 0.25) is 0 Å². The minimum atomic E-state index is 0.497. The topological polar surface area (TPSA) is 45.4 Å². The van der Waals surface area contributed by atoms with Crippen molar-refractivity contribution in [2.75, 3.05) is 36.0 Å². The number of aryl methyl sites for hydroxylation is 1. The zero-order valence-electron chi connectivity index (χ0n) is 12.5. The lowest BCUT2D eigenvalue weighted by Crippen LogP contribution is -2.46. The highest BCUT2D eigenvalue weighted by Gasteiger charge is 2.18. The predicted molar refractivity (Wildman–Crippen MR) is 87.7 cm³/mol. The molecular weight excluding hydrogens is 260 g/mol. The Bertz CT molecular complexity index is 603. The van der Waals surface area contributed by atoms with Crippen molar-refractivity contribution < 1.29 is 0 Å². The Kier molecular flexibility index (Phi) is 4.06. The molecule has 1 aromatic carbocycles. The third-order valence-corrected chi connectivity index (χ3v) is 3.97. The fourth-order valence-corrected chi connectivity index (χ4v) is 2.78. The molecule has 2 heterocycles. The molecular formula is C17H22N4. The maximum Gasteiger partial charge on any atom is 0.128 e. The number of anilines is 2. The third kappa shape index (κ3) is 3.16. The molecule has 0 radical (unpaired) electrons. The number of hydrogen-bond donors (Lipinski definition) is 1. The molecule has 2 N–H and O–H groups in total. The van der Waals surface area contributed by atoms with Crippen LogP contribution in [0.3, 0.4) is 0 Å². The van der Waals surface area contributed by atoms with Crippen LogP contribution in [0.5, 0.6) is 0 Å². The molecule has 21 heavy (non-hydrogen) atoms. The van der Waals surface area contributed by atoms with Crippen molar-refractivity contribution >= 4 is 11.5 Å². The number of nitrogens with two attached hydrogens (primary N) is 1. The van der Waals surface area contributed by atoms with Crippen molar-refractivity contribution in [3.8, 4) is 0 Å². The molecule has 0 unspecified atom stereocenters. The molecule has 2 aromatic rings. The first-order valence-corrected chi connectivity index (χ1v) is 7.49. The lowest BCUT2D eigenvalue weighted by Gasteiger charge is -2.37. The molecule has 0 aliphatic carbocycles. The van der Waals surface area contributed by atoms with E-state index in [9.17, 15) is 0 Å². The Morgan fingerprint density at radius 1 is 1.00 bits per heavy atom. The summed E-state index contributed by atoms with van der Waals surface area (Å²) >= 11 is 0.